The summed E-state index contributed by atoms with van der Waals surface area (Å²) in [6.07, 6.45) is -0.356. The third-order valence-electron chi connectivity index (χ3n) is 2.68. The minimum absolute atomic E-state index is 0.159. The van der Waals surface area contributed by atoms with Crippen LogP contribution in [0.5, 0.6) is 0 Å². The summed E-state index contributed by atoms with van der Waals surface area (Å²) in [6, 6.07) is 8.76. The van der Waals surface area contributed by atoms with Crippen LogP contribution in [0.4, 0.5) is 0 Å². The van der Waals surface area contributed by atoms with Crippen LogP contribution in [0, 0.1) is 0 Å². The summed E-state index contributed by atoms with van der Waals surface area (Å²) in [5.74, 6) is -1.35. The molecule has 0 fully saturated rings. The number of carboxylic acids is 1. The van der Waals surface area contributed by atoms with Crippen LogP contribution in [0.3, 0.4) is 0 Å². The van der Waals surface area contributed by atoms with Crippen LogP contribution in [-0.2, 0) is 9.59 Å². The number of amides is 1. The number of hydrogen-bond donors (Lipinski definition) is 3. The van der Waals surface area contributed by atoms with E-state index >= 15 is 0 Å². The standard InChI is InChI=1S/C13H18N2O3/c1-9(10-5-3-2-4-6-10)8-15-13(18)11(14)7-12(16)17/h2-6,9,11H,7-8,14H2,1H3,(H,15,18)(H,16,17)/t9-,11+/m1/s1. The average Bonchev–Trinajstić information content (AvgIpc) is 2.35. The molecule has 0 aliphatic carbocycles. The van der Waals surface area contributed by atoms with Crippen LogP contribution in [0.15, 0.2) is 30.3 Å². The number of aliphatic carboxylic acids is 1. The van der Waals surface area contributed by atoms with Gasteiger partial charge in [0.15, 0.2) is 0 Å². The molecule has 0 unspecified atom stereocenters. The molecule has 0 bridgehead atoms. The Morgan fingerprint density at radius 3 is 2.50 bits per heavy atom. The summed E-state index contributed by atoms with van der Waals surface area (Å²) in [6.45, 7) is 2.43. The Bertz CT molecular complexity index is 406. The van der Waals surface area contributed by atoms with E-state index < -0.39 is 17.9 Å². The van der Waals surface area contributed by atoms with E-state index in [9.17, 15) is 9.59 Å². The summed E-state index contributed by atoms with van der Waals surface area (Å²) < 4.78 is 0. The smallest absolute Gasteiger partial charge is 0.305 e. The zero-order chi connectivity index (χ0) is 13.5. The lowest BCUT2D eigenvalue weighted by Crippen LogP contribution is -2.43. The fraction of sp³-hybridized carbons (Fsp3) is 0.385. The van der Waals surface area contributed by atoms with Gasteiger partial charge in [0.25, 0.3) is 0 Å². The highest BCUT2D eigenvalue weighted by atomic mass is 16.4. The topological polar surface area (TPSA) is 92.4 Å². The number of benzene rings is 1. The van der Waals surface area contributed by atoms with Crippen LogP contribution in [0.25, 0.3) is 0 Å². The molecule has 1 aromatic carbocycles. The summed E-state index contributed by atoms with van der Waals surface area (Å²) in [5.41, 5.74) is 6.57. The Balaban J connectivity index is 2.41. The molecular formula is C13H18N2O3. The van der Waals surface area contributed by atoms with Crippen molar-refractivity contribution in [3.63, 3.8) is 0 Å². The van der Waals surface area contributed by atoms with Gasteiger partial charge in [0.05, 0.1) is 12.5 Å². The highest BCUT2D eigenvalue weighted by Crippen LogP contribution is 2.12. The van der Waals surface area contributed by atoms with Gasteiger partial charge in [-0.3, -0.25) is 9.59 Å². The van der Waals surface area contributed by atoms with Gasteiger partial charge in [0.1, 0.15) is 0 Å². The number of carbonyl (C=O) groups is 2. The molecule has 0 aliphatic heterocycles. The monoisotopic (exact) mass is 250 g/mol. The molecule has 1 rings (SSSR count). The number of hydrogen-bond acceptors (Lipinski definition) is 3. The van der Waals surface area contributed by atoms with Crippen molar-refractivity contribution in [1.29, 1.82) is 0 Å². The Morgan fingerprint density at radius 2 is 1.94 bits per heavy atom. The van der Waals surface area contributed by atoms with E-state index in [1.807, 2.05) is 37.3 Å². The lowest BCUT2D eigenvalue weighted by atomic mass is 10.0. The molecule has 5 nitrogen and oxygen atoms in total. The van der Waals surface area contributed by atoms with Gasteiger partial charge in [0, 0.05) is 6.54 Å². The fourth-order valence-corrected chi connectivity index (χ4v) is 1.57. The minimum atomic E-state index is -1.08. The normalized spacial score (nSPS) is 13.7. The number of carboxylic acid groups (broad SMARTS) is 1. The summed E-state index contributed by atoms with van der Waals surface area (Å²) in [7, 11) is 0. The van der Waals surface area contributed by atoms with Gasteiger partial charge in [-0.25, -0.2) is 0 Å². The molecule has 0 aromatic heterocycles. The largest absolute Gasteiger partial charge is 0.481 e. The van der Waals surface area contributed by atoms with E-state index in [0.29, 0.717) is 6.54 Å². The van der Waals surface area contributed by atoms with E-state index in [1.54, 1.807) is 0 Å². The number of rotatable bonds is 6. The van der Waals surface area contributed by atoms with Gasteiger partial charge in [-0.2, -0.15) is 0 Å². The molecule has 18 heavy (non-hydrogen) atoms. The molecule has 4 N–H and O–H groups in total. The van der Waals surface area contributed by atoms with Crippen molar-refractivity contribution in [2.75, 3.05) is 6.54 Å². The van der Waals surface area contributed by atoms with E-state index in [1.165, 1.54) is 0 Å². The SMILES string of the molecule is C[C@H](CNC(=O)[C@@H](N)CC(=O)O)c1ccccc1. The van der Waals surface area contributed by atoms with Gasteiger partial charge in [0.2, 0.25) is 5.91 Å². The fourth-order valence-electron chi connectivity index (χ4n) is 1.57. The van der Waals surface area contributed by atoms with Crippen LogP contribution in [0.2, 0.25) is 0 Å². The first kappa shape index (κ1) is 14.2. The first-order chi connectivity index (χ1) is 8.50. The van der Waals surface area contributed by atoms with Gasteiger partial charge in [-0.1, -0.05) is 37.3 Å². The summed E-state index contributed by atoms with van der Waals surface area (Å²) in [5, 5.41) is 11.2. The van der Waals surface area contributed by atoms with E-state index in [4.69, 9.17) is 10.8 Å². The first-order valence-electron chi connectivity index (χ1n) is 5.80. The van der Waals surface area contributed by atoms with Crippen LogP contribution in [0.1, 0.15) is 24.8 Å². The zero-order valence-electron chi connectivity index (χ0n) is 10.3. The van der Waals surface area contributed by atoms with E-state index in [0.717, 1.165) is 5.56 Å². The van der Waals surface area contributed by atoms with Crippen molar-refractivity contribution >= 4 is 11.9 Å². The second kappa shape index (κ2) is 6.76. The van der Waals surface area contributed by atoms with Crippen LogP contribution >= 0.6 is 0 Å². The van der Waals surface area contributed by atoms with Gasteiger partial charge >= 0.3 is 5.97 Å². The van der Waals surface area contributed by atoms with Crippen LogP contribution in [-0.4, -0.2) is 29.6 Å². The molecule has 2 atom stereocenters. The average molecular weight is 250 g/mol. The molecule has 0 saturated heterocycles. The van der Waals surface area contributed by atoms with E-state index in [2.05, 4.69) is 5.32 Å². The molecule has 98 valence electrons. The van der Waals surface area contributed by atoms with Crippen molar-refractivity contribution < 1.29 is 14.7 Å². The molecule has 5 heteroatoms. The molecule has 0 aliphatic rings. The summed E-state index contributed by atoms with van der Waals surface area (Å²) in [4.78, 5) is 21.9. The molecular weight excluding hydrogens is 232 g/mol. The third kappa shape index (κ3) is 4.55. The van der Waals surface area contributed by atoms with Crippen LogP contribution < -0.4 is 11.1 Å². The quantitative estimate of drug-likeness (QED) is 0.693. The Hall–Kier alpha value is -1.88. The Morgan fingerprint density at radius 1 is 1.33 bits per heavy atom. The van der Waals surface area contributed by atoms with Gasteiger partial charge in [-0.05, 0) is 11.5 Å². The maximum absolute atomic E-state index is 11.5. The maximum Gasteiger partial charge on any atom is 0.305 e. The molecule has 0 spiro atoms. The lowest BCUT2D eigenvalue weighted by Gasteiger charge is -2.15. The second-order valence-electron chi connectivity index (χ2n) is 4.26. The first-order valence-corrected chi connectivity index (χ1v) is 5.80. The molecule has 0 radical (unpaired) electrons. The molecule has 1 amide bonds. The Labute approximate surface area is 106 Å². The third-order valence-corrected chi connectivity index (χ3v) is 2.68. The van der Waals surface area contributed by atoms with Crippen molar-refractivity contribution in [2.24, 2.45) is 5.73 Å². The highest BCUT2D eigenvalue weighted by Gasteiger charge is 2.17. The van der Waals surface area contributed by atoms with Crippen molar-refractivity contribution in [2.45, 2.75) is 25.3 Å². The number of carbonyl (C=O) groups excluding carboxylic acids is 1. The van der Waals surface area contributed by atoms with Gasteiger partial charge in [-0.15, -0.1) is 0 Å². The molecule has 0 saturated carbocycles. The molecule has 1 aromatic rings. The minimum Gasteiger partial charge on any atom is -0.481 e. The number of nitrogens with one attached hydrogen (secondary N) is 1. The predicted octanol–water partition coefficient (Wildman–Crippen LogP) is 0.708. The van der Waals surface area contributed by atoms with Crippen molar-refractivity contribution in [1.82, 2.24) is 5.32 Å². The second-order valence-corrected chi connectivity index (χ2v) is 4.26. The van der Waals surface area contributed by atoms with E-state index in [-0.39, 0.29) is 12.3 Å². The van der Waals surface area contributed by atoms with Gasteiger partial charge < -0.3 is 16.2 Å². The maximum atomic E-state index is 11.5. The van der Waals surface area contributed by atoms with Crippen molar-refractivity contribution in [3.8, 4) is 0 Å². The number of nitrogens with two attached hydrogens (primary N) is 1. The lowest BCUT2D eigenvalue weighted by molar-refractivity contribution is -0.139. The highest BCUT2D eigenvalue weighted by molar-refractivity contribution is 5.85. The zero-order valence-corrected chi connectivity index (χ0v) is 10.3. The van der Waals surface area contributed by atoms with Crippen molar-refractivity contribution in [3.05, 3.63) is 35.9 Å². The Kier molecular flexibility index (Phi) is 5.32. The summed E-state index contributed by atoms with van der Waals surface area (Å²) >= 11 is 0. The molecule has 0 heterocycles. The predicted molar refractivity (Wildman–Crippen MR) is 68.1 cm³/mol.